The number of aliphatic hydroxyl groups excluding tert-OH is 1. The van der Waals surface area contributed by atoms with Gasteiger partial charge in [0.15, 0.2) is 4.34 Å². The van der Waals surface area contributed by atoms with E-state index in [0.717, 1.165) is 50.8 Å². The number of carboxylic acids is 1. The molecule has 2 N–H and O–H groups in total. The van der Waals surface area contributed by atoms with E-state index in [0.29, 0.717) is 12.3 Å². The summed E-state index contributed by atoms with van der Waals surface area (Å²) in [7, 11) is 0. The molecule has 38 heavy (non-hydrogen) atoms. The number of β-lactam (4-membered cyclic amide) rings is 1. The van der Waals surface area contributed by atoms with Crippen molar-refractivity contribution < 1.29 is 71.2 Å². The zero-order valence-corrected chi connectivity index (χ0v) is 26.0. The summed E-state index contributed by atoms with van der Waals surface area (Å²) >= 11 is 3.26. The van der Waals surface area contributed by atoms with Gasteiger partial charge in [-0.15, -0.1) is 11.3 Å². The number of thioether (sulfide) groups is 1. The van der Waals surface area contributed by atoms with Crippen LogP contribution < -0.4 is 61.8 Å². The van der Waals surface area contributed by atoms with E-state index in [-0.39, 0.29) is 80.9 Å². The fourth-order valence-corrected chi connectivity index (χ4v) is 8.40. The van der Waals surface area contributed by atoms with Gasteiger partial charge in [-0.2, -0.15) is 0 Å². The number of hydrogen-bond donors (Lipinski definition) is 2. The number of aliphatic carboxylic acids is 1. The van der Waals surface area contributed by atoms with E-state index < -0.39 is 18.0 Å². The van der Waals surface area contributed by atoms with E-state index in [4.69, 9.17) is 4.98 Å². The summed E-state index contributed by atoms with van der Waals surface area (Å²) in [5.74, 6) is -1.41. The molecule has 0 bridgehead atoms. The number of aromatic nitrogens is 2. The number of rotatable bonds is 8. The Morgan fingerprint density at radius 1 is 1.32 bits per heavy atom. The summed E-state index contributed by atoms with van der Waals surface area (Å²) in [4.78, 5) is 35.4. The van der Waals surface area contributed by atoms with Crippen LogP contribution in [0, 0.1) is 17.8 Å². The second-order valence-electron chi connectivity index (χ2n) is 9.94. The molecule has 5 atom stereocenters. The number of carboxylic acid groups (broad SMARTS) is 1. The average Bonchev–Trinajstić information content (AvgIpc) is 3.43. The first-order valence-corrected chi connectivity index (χ1v) is 14.4. The van der Waals surface area contributed by atoms with Crippen LogP contribution in [-0.2, 0) is 16.1 Å². The van der Waals surface area contributed by atoms with Crippen LogP contribution in [0.5, 0.6) is 0 Å². The predicted octanol–water partition coefficient (Wildman–Crippen LogP) is 0.0412. The molecule has 4 heterocycles. The van der Waals surface area contributed by atoms with Crippen molar-refractivity contribution >= 4 is 50.9 Å². The van der Waals surface area contributed by atoms with E-state index in [1.807, 2.05) is 30.3 Å². The van der Waals surface area contributed by atoms with Gasteiger partial charge in [-0.25, -0.2) is 4.98 Å². The van der Waals surface area contributed by atoms with E-state index in [1.165, 1.54) is 4.90 Å². The van der Waals surface area contributed by atoms with Crippen LogP contribution in [0.4, 0.5) is 5.69 Å². The van der Waals surface area contributed by atoms with Crippen LogP contribution in [0.1, 0.15) is 31.9 Å². The Labute approximate surface area is 271 Å². The van der Waals surface area contributed by atoms with Crippen molar-refractivity contribution in [2.45, 2.75) is 49.2 Å². The summed E-state index contributed by atoms with van der Waals surface area (Å²) in [5, 5.41) is 25.7. The van der Waals surface area contributed by atoms with Gasteiger partial charge in [0.05, 0.1) is 52.2 Å². The summed E-state index contributed by atoms with van der Waals surface area (Å²) < 4.78 is 2.02. The number of carbonyl (C=O) groups excluding carboxylic acids is 2. The number of pyridine rings is 1. The van der Waals surface area contributed by atoms with Crippen molar-refractivity contribution in [2.75, 3.05) is 11.1 Å². The Kier molecular flexibility index (Phi) is 8.66. The number of nitrogens with zero attached hydrogens (tertiary/aromatic N) is 3. The van der Waals surface area contributed by atoms with E-state index >= 15 is 0 Å². The van der Waals surface area contributed by atoms with Gasteiger partial charge in [-0.05, 0) is 61.6 Å². The second kappa shape index (κ2) is 11.7. The number of amides is 1. The maximum absolute atomic E-state index is 12.7. The van der Waals surface area contributed by atoms with E-state index in [9.17, 15) is 19.8 Å². The molecule has 1 aliphatic carbocycles. The van der Waals surface area contributed by atoms with Crippen molar-refractivity contribution in [1.29, 1.82) is 0 Å². The minimum Gasteiger partial charge on any atom is -0.543 e. The largest absolute Gasteiger partial charge is 1.00 e. The van der Waals surface area contributed by atoms with Crippen LogP contribution >= 0.6 is 23.1 Å². The third-order valence-electron chi connectivity index (χ3n) is 7.71. The monoisotopic (exact) mass is 574 g/mol. The fourth-order valence-electron chi connectivity index (χ4n) is 6.11. The van der Waals surface area contributed by atoms with E-state index in [2.05, 4.69) is 16.4 Å². The number of nitrogens with one attached hydrogen (secondary N) is 1. The van der Waals surface area contributed by atoms with E-state index in [1.54, 1.807) is 36.2 Å². The topological polar surface area (TPSA) is 118 Å². The quantitative estimate of drug-likeness (QED) is 0.220. The zero-order chi connectivity index (χ0) is 25.7. The van der Waals surface area contributed by atoms with Gasteiger partial charge >= 0.3 is 51.4 Å². The first kappa shape index (κ1) is 28.2. The maximum atomic E-state index is 12.7. The molecule has 11 heteroatoms. The predicted molar refractivity (Wildman–Crippen MR) is 141 cm³/mol. The molecule has 0 radical (unpaired) electrons. The molecule has 3 aliphatic rings. The number of benzene rings is 1. The number of anilines is 1. The number of fused-ring (bicyclic) bond motifs is 4. The van der Waals surface area contributed by atoms with Crippen molar-refractivity contribution in [1.82, 2.24) is 14.9 Å². The molecule has 1 saturated carbocycles. The molecule has 1 amide bonds. The number of aliphatic hydroxyl groups is 1. The Morgan fingerprint density at radius 2 is 2.16 bits per heavy atom. The SMILES string of the molecule is C[C@@H](O)[C@H]1C(=O)N2C(C(=O)[O-])=C3[C@@H](CSc4nc5ccc(NCc6ccccn6)cc5s4)CCC[C@@H]3[C@H]12.[K+]. The standard InChI is InChI=1S/C27H28N4O4S2.K/c1-14(32)21-23-18-7-4-5-15(22(18)24(26(34)35)31(23)25(21)33)13-36-27-30-19-9-8-16(11-20(19)37-27)29-12-17-6-2-3-10-28-17;/h2-3,6,8-11,14-15,18,21,23,29,32H,4-5,7,12-13H2,1H3,(H,34,35);/q;+1/p-1/t14-,15-,18+,21-,23-;/m1./s1. The van der Waals surface area contributed by atoms with Gasteiger partial charge in [-0.1, -0.05) is 24.2 Å². The summed E-state index contributed by atoms with van der Waals surface area (Å²) in [6.07, 6.45) is 3.66. The van der Waals surface area contributed by atoms with Crippen molar-refractivity contribution in [3.63, 3.8) is 0 Å². The third-order valence-corrected chi connectivity index (χ3v) is 10.0. The fraction of sp³-hybridized carbons (Fsp3) is 0.407. The summed E-state index contributed by atoms with van der Waals surface area (Å²) in [6, 6.07) is 11.7. The van der Waals surface area contributed by atoms with Gasteiger partial charge in [-0.3, -0.25) is 9.78 Å². The molecule has 1 aromatic carbocycles. The minimum absolute atomic E-state index is 0. The minimum atomic E-state index is -1.29. The third kappa shape index (κ3) is 5.12. The molecular weight excluding hydrogens is 548 g/mol. The molecule has 8 nitrogen and oxygen atoms in total. The Morgan fingerprint density at radius 3 is 2.89 bits per heavy atom. The first-order valence-electron chi connectivity index (χ1n) is 12.6. The Hall–Kier alpha value is -1.31. The van der Waals surface area contributed by atoms with Crippen LogP contribution in [-0.4, -0.2) is 49.7 Å². The van der Waals surface area contributed by atoms with Gasteiger partial charge in [0.2, 0.25) is 5.91 Å². The first-order chi connectivity index (χ1) is 17.9. The molecule has 3 aromatic rings. The zero-order valence-electron chi connectivity index (χ0n) is 21.3. The molecule has 192 valence electrons. The maximum Gasteiger partial charge on any atom is 1.00 e. The van der Waals surface area contributed by atoms with Gasteiger partial charge in [0.25, 0.3) is 0 Å². The molecule has 1 saturated heterocycles. The molecular formula is C27H27KN4O4S2. The Bertz CT molecular complexity index is 1400. The van der Waals surface area contributed by atoms with Crippen molar-refractivity contribution in [2.24, 2.45) is 17.8 Å². The number of thiazole rings is 1. The van der Waals surface area contributed by atoms with Gasteiger partial charge in [0.1, 0.15) is 0 Å². The summed E-state index contributed by atoms with van der Waals surface area (Å²) in [5.41, 5.74) is 3.79. The molecule has 0 unspecified atom stereocenters. The average molecular weight is 575 g/mol. The van der Waals surface area contributed by atoms with Crippen LogP contribution in [0.25, 0.3) is 10.2 Å². The smallest absolute Gasteiger partial charge is 0.543 e. The Balaban J connectivity index is 0.00000294. The molecule has 2 aliphatic heterocycles. The molecule has 0 spiro atoms. The normalized spacial score (nSPS) is 24.9. The molecule has 2 fully saturated rings. The van der Waals surface area contributed by atoms with Crippen LogP contribution in [0.15, 0.2) is 58.2 Å². The second-order valence-corrected chi connectivity index (χ2v) is 12.2. The number of hydrogen-bond acceptors (Lipinski definition) is 9. The molecule has 6 rings (SSSR count). The number of carbonyl (C=O) groups is 2. The van der Waals surface area contributed by atoms with Gasteiger partial charge in [0, 0.05) is 23.6 Å². The van der Waals surface area contributed by atoms with Crippen molar-refractivity contribution in [3.05, 3.63) is 59.6 Å². The van der Waals surface area contributed by atoms with Crippen molar-refractivity contribution in [3.8, 4) is 0 Å². The summed E-state index contributed by atoms with van der Waals surface area (Å²) in [6.45, 7) is 2.25. The van der Waals surface area contributed by atoms with Crippen LogP contribution in [0.3, 0.4) is 0 Å². The molecule has 2 aromatic heterocycles. The van der Waals surface area contributed by atoms with Crippen LogP contribution in [0.2, 0.25) is 0 Å². The van der Waals surface area contributed by atoms with Gasteiger partial charge < -0.3 is 25.2 Å².